The van der Waals surface area contributed by atoms with Gasteiger partial charge in [0.05, 0.1) is 0 Å². The van der Waals surface area contributed by atoms with Crippen molar-refractivity contribution >= 4 is 11.7 Å². The Kier molecular flexibility index (Phi) is 3.87. The van der Waals surface area contributed by atoms with E-state index in [2.05, 4.69) is 18.7 Å². The third-order valence-electron chi connectivity index (χ3n) is 5.58. The topological polar surface area (TPSA) is 37.4 Å². The molecule has 3 rings (SSSR count). The van der Waals surface area contributed by atoms with Crippen LogP contribution in [0.3, 0.4) is 0 Å². The summed E-state index contributed by atoms with van der Waals surface area (Å²) >= 11 is 0. The second-order valence-corrected chi connectivity index (χ2v) is 7.58. The van der Waals surface area contributed by atoms with Gasteiger partial charge in [0.25, 0.3) is 0 Å². The molecule has 112 valence electrons. The van der Waals surface area contributed by atoms with Crippen LogP contribution in [-0.4, -0.2) is 29.7 Å². The lowest BCUT2D eigenvalue weighted by Gasteiger charge is -2.41. The van der Waals surface area contributed by atoms with Crippen molar-refractivity contribution in [1.82, 2.24) is 4.90 Å². The van der Waals surface area contributed by atoms with E-state index < -0.39 is 0 Å². The highest BCUT2D eigenvalue weighted by molar-refractivity contribution is 5.88. The highest BCUT2D eigenvalue weighted by Crippen LogP contribution is 2.41. The molecule has 4 unspecified atom stereocenters. The minimum absolute atomic E-state index is 0.125. The average Bonchev–Trinajstić information content (AvgIpc) is 2.36. The third-order valence-corrected chi connectivity index (χ3v) is 5.58. The zero-order chi connectivity index (χ0) is 14.3. The zero-order valence-electron chi connectivity index (χ0n) is 12.8. The van der Waals surface area contributed by atoms with E-state index >= 15 is 0 Å². The molecular weight excluding hydrogens is 250 g/mol. The number of nitrogens with zero attached hydrogens (tertiary/aromatic N) is 1. The summed E-state index contributed by atoms with van der Waals surface area (Å²) in [7, 11) is 0. The molecule has 20 heavy (non-hydrogen) atoms. The Balaban J connectivity index is 1.67. The molecule has 3 nitrogen and oxygen atoms in total. The molecule has 0 aromatic carbocycles. The van der Waals surface area contributed by atoms with Gasteiger partial charge in [-0.2, -0.15) is 0 Å². The molecule has 0 aromatic rings. The summed E-state index contributed by atoms with van der Waals surface area (Å²) in [5.74, 6) is 2.54. The van der Waals surface area contributed by atoms with Gasteiger partial charge in [0.1, 0.15) is 5.78 Å². The van der Waals surface area contributed by atoms with Crippen molar-refractivity contribution < 1.29 is 9.59 Å². The van der Waals surface area contributed by atoms with Crippen molar-refractivity contribution in [2.75, 3.05) is 13.1 Å². The van der Waals surface area contributed by atoms with E-state index in [0.717, 1.165) is 38.8 Å². The first-order valence-electron chi connectivity index (χ1n) is 8.37. The molecule has 1 heterocycles. The van der Waals surface area contributed by atoms with Gasteiger partial charge in [-0.05, 0) is 43.9 Å². The largest absolute Gasteiger partial charge is 0.342 e. The molecule has 0 aromatic heterocycles. The number of hydrogen-bond acceptors (Lipinski definition) is 2. The Labute approximate surface area is 122 Å². The molecule has 2 bridgehead atoms. The van der Waals surface area contributed by atoms with Gasteiger partial charge in [-0.15, -0.1) is 0 Å². The van der Waals surface area contributed by atoms with Gasteiger partial charge in [0, 0.05) is 30.8 Å². The van der Waals surface area contributed by atoms with Crippen LogP contribution >= 0.6 is 0 Å². The van der Waals surface area contributed by atoms with E-state index in [1.165, 1.54) is 12.8 Å². The Hall–Kier alpha value is -0.860. The van der Waals surface area contributed by atoms with Crippen LogP contribution in [-0.2, 0) is 9.59 Å². The van der Waals surface area contributed by atoms with Crippen LogP contribution < -0.4 is 0 Å². The summed E-state index contributed by atoms with van der Waals surface area (Å²) in [5.41, 5.74) is 0. The maximum absolute atomic E-state index is 12.8. The van der Waals surface area contributed by atoms with Crippen LogP contribution in [0.1, 0.15) is 52.4 Å². The summed E-state index contributed by atoms with van der Waals surface area (Å²) < 4.78 is 0. The second-order valence-electron chi connectivity index (χ2n) is 7.58. The fourth-order valence-electron chi connectivity index (χ4n) is 4.78. The van der Waals surface area contributed by atoms with Crippen molar-refractivity contribution in [3.05, 3.63) is 0 Å². The lowest BCUT2D eigenvalue weighted by atomic mass is 9.66. The van der Waals surface area contributed by atoms with Crippen LogP contribution in [0.15, 0.2) is 0 Å². The molecule has 0 N–H and O–H groups in total. The molecule has 3 aliphatic rings. The highest BCUT2D eigenvalue weighted by Gasteiger charge is 2.42. The smallest absolute Gasteiger partial charge is 0.225 e. The van der Waals surface area contributed by atoms with E-state index in [0.29, 0.717) is 23.5 Å². The maximum atomic E-state index is 12.8. The predicted molar refractivity (Wildman–Crippen MR) is 78.1 cm³/mol. The number of fused-ring (bicyclic) bond motifs is 2. The minimum atomic E-state index is 0.125. The first-order valence-corrected chi connectivity index (χ1v) is 8.37. The average molecular weight is 277 g/mol. The van der Waals surface area contributed by atoms with Gasteiger partial charge >= 0.3 is 0 Å². The van der Waals surface area contributed by atoms with Crippen LogP contribution in [0.25, 0.3) is 0 Å². The minimum Gasteiger partial charge on any atom is -0.342 e. The van der Waals surface area contributed by atoms with Crippen LogP contribution in [0.5, 0.6) is 0 Å². The van der Waals surface area contributed by atoms with Gasteiger partial charge in [0.15, 0.2) is 0 Å². The lowest BCUT2D eigenvalue weighted by Crippen LogP contribution is -2.48. The van der Waals surface area contributed by atoms with Crippen molar-refractivity contribution in [3.8, 4) is 0 Å². The summed E-state index contributed by atoms with van der Waals surface area (Å²) in [6.07, 6.45) is 6.11. The summed E-state index contributed by atoms with van der Waals surface area (Å²) in [5, 5.41) is 0. The normalized spacial score (nSPS) is 41.6. The van der Waals surface area contributed by atoms with Gasteiger partial charge < -0.3 is 4.90 Å². The molecule has 1 saturated heterocycles. The number of Topliss-reactive ketones (excluding diaryl/α,β-unsaturated/α-hetero) is 1. The fraction of sp³-hybridized carbons (Fsp3) is 0.882. The standard InChI is InChI=1S/C17H27NO2/c1-11-6-12(2)10-18(9-11)17(20)15-7-13-4-3-5-14(8-15)16(13)19/h11-15H,3-10H2,1-2H3. The molecule has 1 amide bonds. The zero-order valence-corrected chi connectivity index (χ0v) is 12.8. The Morgan fingerprint density at radius 3 is 2.10 bits per heavy atom. The van der Waals surface area contributed by atoms with E-state index in [9.17, 15) is 9.59 Å². The van der Waals surface area contributed by atoms with Crippen molar-refractivity contribution in [2.45, 2.75) is 52.4 Å². The van der Waals surface area contributed by atoms with Crippen LogP contribution in [0.4, 0.5) is 0 Å². The number of ketones is 1. The van der Waals surface area contributed by atoms with Gasteiger partial charge in [0.2, 0.25) is 5.91 Å². The van der Waals surface area contributed by atoms with Crippen LogP contribution in [0.2, 0.25) is 0 Å². The number of piperidine rings is 1. The van der Waals surface area contributed by atoms with Crippen LogP contribution in [0, 0.1) is 29.6 Å². The molecule has 2 saturated carbocycles. The SMILES string of the molecule is CC1CC(C)CN(C(=O)C2CC3CCCC(C2)C3=O)C1. The van der Waals surface area contributed by atoms with E-state index in [1.54, 1.807) is 0 Å². The molecule has 3 heteroatoms. The van der Waals surface area contributed by atoms with Gasteiger partial charge in [-0.3, -0.25) is 9.59 Å². The summed E-state index contributed by atoms with van der Waals surface area (Å²) in [6.45, 7) is 6.33. The third kappa shape index (κ3) is 2.64. The molecule has 4 atom stereocenters. The number of carbonyl (C=O) groups is 2. The highest BCUT2D eigenvalue weighted by atomic mass is 16.2. The first kappa shape index (κ1) is 14.1. The number of likely N-dealkylation sites (tertiary alicyclic amines) is 1. The molecule has 3 fully saturated rings. The molecule has 0 radical (unpaired) electrons. The Morgan fingerprint density at radius 1 is 1.00 bits per heavy atom. The summed E-state index contributed by atoms with van der Waals surface area (Å²) in [4.78, 5) is 27.0. The second kappa shape index (κ2) is 5.50. The molecule has 2 aliphatic carbocycles. The van der Waals surface area contributed by atoms with Gasteiger partial charge in [-0.25, -0.2) is 0 Å². The maximum Gasteiger partial charge on any atom is 0.225 e. The van der Waals surface area contributed by atoms with E-state index in [1.807, 2.05) is 0 Å². The van der Waals surface area contributed by atoms with Crippen molar-refractivity contribution in [2.24, 2.45) is 29.6 Å². The lowest BCUT2D eigenvalue weighted by molar-refractivity contribution is -0.145. The molecular formula is C17H27NO2. The summed E-state index contributed by atoms with van der Waals surface area (Å²) in [6, 6.07) is 0. The quantitative estimate of drug-likeness (QED) is 0.739. The number of rotatable bonds is 1. The first-order chi connectivity index (χ1) is 9.54. The van der Waals surface area contributed by atoms with E-state index in [4.69, 9.17) is 0 Å². The monoisotopic (exact) mass is 277 g/mol. The number of hydrogen-bond donors (Lipinski definition) is 0. The van der Waals surface area contributed by atoms with Crippen molar-refractivity contribution in [3.63, 3.8) is 0 Å². The van der Waals surface area contributed by atoms with Crippen molar-refractivity contribution in [1.29, 1.82) is 0 Å². The predicted octanol–water partition coefficient (Wildman–Crippen LogP) is 2.89. The van der Waals surface area contributed by atoms with Gasteiger partial charge in [-0.1, -0.05) is 20.3 Å². The number of carbonyl (C=O) groups excluding carboxylic acids is 2. The molecule has 1 aliphatic heterocycles. The van der Waals surface area contributed by atoms with E-state index in [-0.39, 0.29) is 17.8 Å². The molecule has 0 spiro atoms. The number of amides is 1. The Bertz CT molecular complexity index is 380. The fourth-order valence-corrected chi connectivity index (χ4v) is 4.78. The Morgan fingerprint density at radius 2 is 1.55 bits per heavy atom.